The maximum absolute atomic E-state index is 12.9. The lowest BCUT2D eigenvalue weighted by Crippen LogP contribution is -2.31. The third kappa shape index (κ3) is 3.69. The largest absolute Gasteiger partial charge is 0.492 e. The summed E-state index contributed by atoms with van der Waals surface area (Å²) in [6.45, 7) is 5.15. The van der Waals surface area contributed by atoms with Crippen LogP contribution in [0.2, 0.25) is 0 Å². The molecule has 0 amide bonds. The first kappa shape index (κ1) is 19.8. The highest BCUT2D eigenvalue weighted by atomic mass is 16.5. The number of rotatable bonds is 7. The Hall–Kier alpha value is -3.53. The molecule has 0 spiro atoms. The Morgan fingerprint density at radius 2 is 1.93 bits per heavy atom. The molecule has 4 rings (SSSR count). The zero-order chi connectivity index (χ0) is 21.3. The fraction of sp³-hybridized carbons (Fsp3) is 0.350. The molecule has 0 atom stereocenters. The van der Waals surface area contributed by atoms with Crippen LogP contribution in [0.5, 0.6) is 5.75 Å². The van der Waals surface area contributed by atoms with Gasteiger partial charge in [0.1, 0.15) is 18.1 Å². The molecule has 0 saturated heterocycles. The quantitative estimate of drug-likeness (QED) is 0.614. The molecular formula is C20H24N6O4. The third-order valence-corrected chi connectivity index (χ3v) is 5.12. The number of aryl methyl sites for hydroxylation is 2. The van der Waals surface area contributed by atoms with Gasteiger partial charge in [0.15, 0.2) is 0 Å². The number of ether oxygens (including phenoxy) is 1. The monoisotopic (exact) mass is 412 g/mol. The summed E-state index contributed by atoms with van der Waals surface area (Å²) in [4.78, 5) is 25.6. The first-order valence-electron chi connectivity index (χ1n) is 9.65. The van der Waals surface area contributed by atoms with E-state index in [0.29, 0.717) is 24.5 Å². The van der Waals surface area contributed by atoms with Crippen molar-refractivity contribution in [2.45, 2.75) is 26.9 Å². The van der Waals surface area contributed by atoms with E-state index in [2.05, 4.69) is 10.6 Å². The zero-order valence-corrected chi connectivity index (χ0v) is 17.2. The first-order chi connectivity index (χ1) is 14.5. The summed E-state index contributed by atoms with van der Waals surface area (Å²) in [6, 6.07) is 9.34. The highest BCUT2D eigenvalue weighted by Crippen LogP contribution is 2.17. The van der Waals surface area contributed by atoms with Gasteiger partial charge in [-0.3, -0.25) is 0 Å². The molecule has 3 heterocycles. The summed E-state index contributed by atoms with van der Waals surface area (Å²) in [5.74, 6) is 1.46. The predicted octanol–water partition coefficient (Wildman–Crippen LogP) is 0.851. The number of nitrogens with zero attached hydrogens (tertiary/aromatic N) is 5. The highest BCUT2D eigenvalue weighted by Gasteiger charge is 2.22. The number of para-hydroxylation sites is 1. The maximum Gasteiger partial charge on any atom is 0.351 e. The van der Waals surface area contributed by atoms with E-state index in [1.54, 1.807) is 13.2 Å². The van der Waals surface area contributed by atoms with Crippen LogP contribution >= 0.6 is 0 Å². The molecule has 10 heteroatoms. The number of hydrazine groups is 1. The molecule has 0 unspecified atom stereocenters. The molecule has 1 aromatic carbocycles. The van der Waals surface area contributed by atoms with Crippen molar-refractivity contribution in [1.82, 2.24) is 29.5 Å². The van der Waals surface area contributed by atoms with Gasteiger partial charge in [-0.1, -0.05) is 23.4 Å². The molecule has 1 aliphatic heterocycles. The second-order valence-electron chi connectivity index (χ2n) is 7.09. The summed E-state index contributed by atoms with van der Waals surface area (Å²) in [6.07, 6.45) is 1.76. The van der Waals surface area contributed by atoms with Gasteiger partial charge in [0.2, 0.25) is 0 Å². The van der Waals surface area contributed by atoms with E-state index in [1.165, 1.54) is 13.9 Å². The molecule has 0 aliphatic carbocycles. The molecular weight excluding hydrogens is 388 g/mol. The maximum atomic E-state index is 12.9. The molecule has 2 aromatic heterocycles. The molecule has 30 heavy (non-hydrogen) atoms. The van der Waals surface area contributed by atoms with Gasteiger partial charge in [0.25, 0.3) is 0 Å². The average molecular weight is 412 g/mol. The van der Waals surface area contributed by atoms with E-state index in [9.17, 15) is 9.59 Å². The van der Waals surface area contributed by atoms with Gasteiger partial charge in [-0.2, -0.15) is 0 Å². The lowest BCUT2D eigenvalue weighted by molar-refractivity contribution is 0.278. The van der Waals surface area contributed by atoms with E-state index in [4.69, 9.17) is 9.26 Å². The number of hydrogen-bond donors (Lipinski definition) is 1. The number of nitrogens with one attached hydrogen (secondary N) is 1. The molecule has 158 valence electrons. The van der Waals surface area contributed by atoms with E-state index in [-0.39, 0.29) is 13.2 Å². The lowest BCUT2D eigenvalue weighted by atomic mass is 10.2. The van der Waals surface area contributed by atoms with E-state index in [0.717, 1.165) is 17.0 Å². The smallest absolute Gasteiger partial charge is 0.351 e. The number of hydrogen-bond acceptors (Lipinski definition) is 7. The van der Waals surface area contributed by atoms with Gasteiger partial charge in [0, 0.05) is 18.8 Å². The molecule has 0 radical (unpaired) electrons. The minimum absolute atomic E-state index is 0.260. The molecule has 0 bridgehead atoms. The van der Waals surface area contributed by atoms with Crippen LogP contribution in [0, 0.1) is 13.8 Å². The Morgan fingerprint density at radius 1 is 1.17 bits per heavy atom. The molecule has 1 aliphatic rings. The number of aromatic nitrogens is 4. The van der Waals surface area contributed by atoms with E-state index >= 15 is 0 Å². The summed E-state index contributed by atoms with van der Waals surface area (Å²) in [7, 11) is 1.58. The van der Waals surface area contributed by atoms with Gasteiger partial charge in [0.05, 0.1) is 31.0 Å². The molecule has 3 aromatic rings. The Bertz CT molecular complexity index is 1160. The predicted molar refractivity (Wildman–Crippen MR) is 110 cm³/mol. The highest BCUT2D eigenvalue weighted by molar-refractivity contribution is 5.48. The van der Waals surface area contributed by atoms with Crippen LogP contribution in [0.1, 0.15) is 17.0 Å². The summed E-state index contributed by atoms with van der Waals surface area (Å²) >= 11 is 0. The molecule has 0 saturated carbocycles. The van der Waals surface area contributed by atoms with Crippen molar-refractivity contribution in [1.29, 1.82) is 0 Å². The van der Waals surface area contributed by atoms with Crippen LogP contribution in [-0.2, 0) is 20.1 Å². The van der Waals surface area contributed by atoms with Crippen LogP contribution in [0.4, 0.5) is 0 Å². The lowest BCUT2D eigenvalue weighted by Gasteiger charge is -2.14. The van der Waals surface area contributed by atoms with Crippen molar-refractivity contribution in [3.05, 3.63) is 74.5 Å². The summed E-state index contributed by atoms with van der Waals surface area (Å²) in [5, 5.41) is 5.78. The van der Waals surface area contributed by atoms with Gasteiger partial charge in [-0.15, -0.1) is 0 Å². The van der Waals surface area contributed by atoms with Crippen molar-refractivity contribution in [2.24, 2.45) is 7.05 Å². The van der Waals surface area contributed by atoms with Gasteiger partial charge < -0.3 is 14.3 Å². The Kier molecular flexibility index (Phi) is 5.32. The molecule has 1 N–H and O–H groups in total. The Morgan fingerprint density at radius 3 is 2.63 bits per heavy atom. The second kappa shape index (κ2) is 8.07. The van der Waals surface area contributed by atoms with Crippen LogP contribution in [0.25, 0.3) is 5.70 Å². The number of benzene rings is 1. The summed E-state index contributed by atoms with van der Waals surface area (Å²) < 4.78 is 14.7. The van der Waals surface area contributed by atoms with Gasteiger partial charge >= 0.3 is 11.4 Å². The van der Waals surface area contributed by atoms with E-state index < -0.39 is 11.4 Å². The normalized spacial score (nSPS) is 13.7. The third-order valence-electron chi connectivity index (χ3n) is 5.12. The van der Waals surface area contributed by atoms with Crippen LogP contribution in [0.3, 0.4) is 0 Å². The van der Waals surface area contributed by atoms with Crippen molar-refractivity contribution < 1.29 is 9.26 Å². The zero-order valence-electron chi connectivity index (χ0n) is 17.2. The van der Waals surface area contributed by atoms with Crippen LogP contribution in [-0.4, -0.2) is 37.2 Å². The SMILES string of the molecule is Cc1noc(C)c1CN1C=C(n2c(=O)n(C)n(CCOc3ccccc3)c2=O)CN1. The Balaban J connectivity index is 1.51. The van der Waals surface area contributed by atoms with Crippen molar-refractivity contribution in [3.8, 4) is 5.75 Å². The second-order valence-corrected chi connectivity index (χ2v) is 7.09. The fourth-order valence-electron chi connectivity index (χ4n) is 3.42. The van der Waals surface area contributed by atoms with Gasteiger partial charge in [-0.25, -0.2) is 28.9 Å². The average Bonchev–Trinajstić information content (AvgIpc) is 3.38. The van der Waals surface area contributed by atoms with Crippen molar-refractivity contribution in [3.63, 3.8) is 0 Å². The minimum Gasteiger partial charge on any atom is -0.492 e. The van der Waals surface area contributed by atoms with Crippen LogP contribution < -0.4 is 21.5 Å². The molecule has 10 nitrogen and oxygen atoms in total. The van der Waals surface area contributed by atoms with Crippen molar-refractivity contribution >= 4 is 5.70 Å². The van der Waals surface area contributed by atoms with Gasteiger partial charge in [-0.05, 0) is 26.0 Å². The van der Waals surface area contributed by atoms with Crippen LogP contribution in [0.15, 0.2) is 50.6 Å². The minimum atomic E-state index is -0.397. The summed E-state index contributed by atoms with van der Waals surface area (Å²) in [5.41, 5.74) is 4.74. The fourth-order valence-corrected chi connectivity index (χ4v) is 3.42. The van der Waals surface area contributed by atoms with E-state index in [1.807, 2.05) is 49.2 Å². The Labute approximate surface area is 172 Å². The standard InChI is InChI=1S/C20H24N6O4/c1-14-18(15(2)30-22-14)13-24-12-16(11-21-24)26-19(27)23(3)25(20(26)28)9-10-29-17-7-5-4-6-8-17/h4-8,12,21H,9-11,13H2,1-3H3. The first-order valence-corrected chi connectivity index (χ1v) is 9.65. The topological polar surface area (TPSA) is 99.5 Å². The van der Waals surface area contributed by atoms with Crippen molar-refractivity contribution in [2.75, 3.05) is 13.2 Å². The molecule has 0 fully saturated rings.